The Morgan fingerprint density at radius 2 is 1.95 bits per heavy atom. The van der Waals surface area contributed by atoms with Crippen LogP contribution in [-0.4, -0.2) is 9.97 Å². The zero-order valence-corrected chi connectivity index (χ0v) is 12.0. The molecule has 0 saturated carbocycles. The van der Waals surface area contributed by atoms with Gasteiger partial charge < -0.3 is 9.73 Å². The highest BCUT2D eigenvalue weighted by atomic mass is 35.5. The molecule has 2 aromatic heterocycles. The summed E-state index contributed by atoms with van der Waals surface area (Å²) in [5.41, 5.74) is 0.817. The molecule has 0 radical (unpaired) electrons. The third-order valence-electron chi connectivity index (χ3n) is 3.12. The second-order valence-corrected chi connectivity index (χ2v) is 5.01. The smallest absolute Gasteiger partial charge is 0.224 e. The van der Waals surface area contributed by atoms with Gasteiger partial charge in [0.05, 0.1) is 11.6 Å². The average Bonchev–Trinajstić information content (AvgIpc) is 2.85. The number of hydrogen-bond donors (Lipinski definition) is 1. The van der Waals surface area contributed by atoms with E-state index in [1.165, 1.54) is 0 Å². The molecule has 0 amide bonds. The van der Waals surface area contributed by atoms with Gasteiger partial charge in [-0.3, -0.25) is 0 Å². The van der Waals surface area contributed by atoms with Crippen LogP contribution in [0.5, 0.6) is 0 Å². The second kappa shape index (κ2) is 5.13. The van der Waals surface area contributed by atoms with E-state index >= 15 is 0 Å². The summed E-state index contributed by atoms with van der Waals surface area (Å²) in [6.45, 7) is 3.94. The zero-order valence-electron chi connectivity index (χ0n) is 11.2. The molecule has 1 atom stereocenters. The molecule has 4 nitrogen and oxygen atoms in total. The summed E-state index contributed by atoms with van der Waals surface area (Å²) in [6.07, 6.45) is 0. The Kier molecular flexibility index (Phi) is 3.32. The van der Waals surface area contributed by atoms with Crippen LogP contribution >= 0.6 is 11.6 Å². The minimum Gasteiger partial charge on any atom is -0.464 e. The molecule has 1 aromatic carbocycles. The van der Waals surface area contributed by atoms with Gasteiger partial charge in [-0.1, -0.05) is 12.1 Å². The maximum Gasteiger partial charge on any atom is 0.224 e. The van der Waals surface area contributed by atoms with Crippen molar-refractivity contribution in [2.45, 2.75) is 19.9 Å². The Morgan fingerprint density at radius 3 is 2.70 bits per heavy atom. The first-order valence-corrected chi connectivity index (χ1v) is 6.76. The molecule has 1 unspecified atom stereocenters. The first-order valence-electron chi connectivity index (χ1n) is 6.38. The number of hydrogen-bond acceptors (Lipinski definition) is 4. The number of anilines is 1. The van der Waals surface area contributed by atoms with Crippen molar-refractivity contribution in [3.05, 3.63) is 53.2 Å². The van der Waals surface area contributed by atoms with E-state index in [0.717, 1.165) is 22.4 Å². The van der Waals surface area contributed by atoms with E-state index in [1.54, 1.807) is 0 Å². The molecule has 2 heterocycles. The van der Waals surface area contributed by atoms with Crippen molar-refractivity contribution in [3.8, 4) is 0 Å². The highest BCUT2D eigenvalue weighted by Gasteiger charge is 2.13. The molecule has 0 fully saturated rings. The summed E-state index contributed by atoms with van der Waals surface area (Å²) < 4.78 is 5.62. The van der Waals surface area contributed by atoms with Gasteiger partial charge in [-0.2, -0.15) is 0 Å². The first-order chi connectivity index (χ1) is 9.63. The van der Waals surface area contributed by atoms with Gasteiger partial charge in [0, 0.05) is 5.39 Å². The Hall–Kier alpha value is -2.07. The van der Waals surface area contributed by atoms with Crippen molar-refractivity contribution < 1.29 is 4.42 Å². The third-order valence-corrected chi connectivity index (χ3v) is 3.29. The van der Waals surface area contributed by atoms with Crippen molar-refractivity contribution in [1.82, 2.24) is 9.97 Å². The lowest BCUT2D eigenvalue weighted by molar-refractivity contribution is 0.466. The van der Waals surface area contributed by atoms with Crippen LogP contribution in [0.25, 0.3) is 10.9 Å². The summed E-state index contributed by atoms with van der Waals surface area (Å²) >= 11 is 5.97. The van der Waals surface area contributed by atoms with Crippen LogP contribution in [0, 0.1) is 6.92 Å². The number of aryl methyl sites for hydroxylation is 1. The molecule has 1 N–H and O–H groups in total. The minimum absolute atomic E-state index is 0.00178. The van der Waals surface area contributed by atoms with E-state index in [4.69, 9.17) is 16.0 Å². The Bertz CT molecular complexity index is 754. The lowest BCUT2D eigenvalue weighted by atomic mass is 10.2. The maximum absolute atomic E-state index is 5.97. The van der Waals surface area contributed by atoms with Crippen LogP contribution in [-0.2, 0) is 0 Å². The molecule has 0 aliphatic carbocycles. The Morgan fingerprint density at radius 1 is 1.15 bits per heavy atom. The van der Waals surface area contributed by atoms with Gasteiger partial charge >= 0.3 is 0 Å². The topological polar surface area (TPSA) is 51.0 Å². The number of halogens is 1. The summed E-state index contributed by atoms with van der Waals surface area (Å²) in [4.78, 5) is 8.49. The van der Waals surface area contributed by atoms with Crippen molar-refractivity contribution in [1.29, 1.82) is 0 Å². The summed E-state index contributed by atoms with van der Waals surface area (Å²) in [5.74, 6) is 2.46. The highest BCUT2D eigenvalue weighted by Crippen LogP contribution is 2.26. The van der Waals surface area contributed by atoms with Crippen LogP contribution in [0.3, 0.4) is 0 Å². The van der Waals surface area contributed by atoms with E-state index in [-0.39, 0.29) is 11.3 Å². The van der Waals surface area contributed by atoms with Crippen molar-refractivity contribution in [2.24, 2.45) is 0 Å². The average molecular weight is 288 g/mol. The second-order valence-electron chi connectivity index (χ2n) is 4.67. The number of benzene rings is 1. The van der Waals surface area contributed by atoms with Gasteiger partial charge in [-0.25, -0.2) is 9.97 Å². The van der Waals surface area contributed by atoms with Gasteiger partial charge in [-0.15, -0.1) is 0 Å². The third kappa shape index (κ3) is 2.47. The number of aromatic nitrogens is 2. The fraction of sp³-hybridized carbons (Fsp3) is 0.200. The van der Waals surface area contributed by atoms with Crippen LogP contribution in [0.15, 0.2) is 40.8 Å². The quantitative estimate of drug-likeness (QED) is 0.727. The van der Waals surface area contributed by atoms with Crippen LogP contribution in [0.4, 0.5) is 5.82 Å². The number of nitrogens with one attached hydrogen (secondary N) is 1. The Balaban J connectivity index is 1.98. The van der Waals surface area contributed by atoms with Gasteiger partial charge in [0.25, 0.3) is 0 Å². The van der Waals surface area contributed by atoms with Gasteiger partial charge in [0.15, 0.2) is 0 Å². The fourth-order valence-electron chi connectivity index (χ4n) is 2.12. The number of furan rings is 1. The molecule has 0 aliphatic heterocycles. The zero-order chi connectivity index (χ0) is 14.1. The van der Waals surface area contributed by atoms with Gasteiger partial charge in [0.2, 0.25) is 5.28 Å². The monoisotopic (exact) mass is 287 g/mol. The Labute approximate surface area is 121 Å². The number of rotatable bonds is 3. The standard InChI is InChI=1S/C15H14ClN3O/c1-9-7-8-13(20-9)10(2)17-14-11-5-3-4-6-12(11)18-15(16)19-14/h3-8,10H,1-2H3,(H,17,18,19). The lowest BCUT2D eigenvalue weighted by Gasteiger charge is -2.14. The molecular weight excluding hydrogens is 274 g/mol. The van der Waals surface area contributed by atoms with Crippen LogP contribution in [0.1, 0.15) is 24.5 Å². The molecule has 3 aromatic rings. The molecule has 5 heteroatoms. The van der Waals surface area contributed by atoms with E-state index in [9.17, 15) is 0 Å². The number of para-hydroxylation sites is 1. The molecule has 0 saturated heterocycles. The lowest BCUT2D eigenvalue weighted by Crippen LogP contribution is -2.08. The minimum atomic E-state index is -0.00178. The summed E-state index contributed by atoms with van der Waals surface area (Å²) in [7, 11) is 0. The van der Waals surface area contributed by atoms with E-state index in [1.807, 2.05) is 50.2 Å². The highest BCUT2D eigenvalue weighted by molar-refractivity contribution is 6.28. The SMILES string of the molecule is Cc1ccc(C(C)Nc2nc(Cl)nc3ccccc23)o1. The molecule has 20 heavy (non-hydrogen) atoms. The summed E-state index contributed by atoms with van der Waals surface area (Å²) in [5, 5.41) is 4.49. The molecule has 0 bridgehead atoms. The van der Waals surface area contributed by atoms with Crippen molar-refractivity contribution in [3.63, 3.8) is 0 Å². The number of nitrogens with zero attached hydrogens (tertiary/aromatic N) is 2. The first kappa shape index (κ1) is 12.9. The van der Waals surface area contributed by atoms with Crippen molar-refractivity contribution in [2.75, 3.05) is 5.32 Å². The number of fused-ring (bicyclic) bond motifs is 1. The largest absolute Gasteiger partial charge is 0.464 e. The summed E-state index contributed by atoms with van der Waals surface area (Å²) in [6, 6.07) is 11.7. The molecule has 0 aliphatic rings. The predicted octanol–water partition coefficient (Wildman–Crippen LogP) is 4.36. The van der Waals surface area contributed by atoms with Crippen molar-refractivity contribution >= 4 is 28.3 Å². The molecular formula is C15H14ClN3O. The van der Waals surface area contributed by atoms with Crippen LogP contribution in [0.2, 0.25) is 5.28 Å². The van der Waals surface area contributed by atoms with Gasteiger partial charge in [0.1, 0.15) is 17.3 Å². The predicted molar refractivity (Wildman–Crippen MR) is 80.0 cm³/mol. The molecule has 102 valence electrons. The van der Waals surface area contributed by atoms with E-state index in [0.29, 0.717) is 5.82 Å². The normalized spacial score (nSPS) is 12.6. The van der Waals surface area contributed by atoms with Crippen LogP contribution < -0.4 is 5.32 Å². The molecule has 0 spiro atoms. The molecule has 3 rings (SSSR count). The van der Waals surface area contributed by atoms with Gasteiger partial charge in [-0.05, 0) is 49.7 Å². The fourth-order valence-corrected chi connectivity index (χ4v) is 2.30. The van der Waals surface area contributed by atoms with E-state index in [2.05, 4.69) is 15.3 Å². The van der Waals surface area contributed by atoms with E-state index < -0.39 is 0 Å². The maximum atomic E-state index is 5.97.